The summed E-state index contributed by atoms with van der Waals surface area (Å²) in [5, 5.41) is 0. The van der Waals surface area contributed by atoms with Crippen LogP contribution in [0, 0.1) is 12.3 Å². The third kappa shape index (κ3) is 11.2. The molecule has 0 saturated heterocycles. The summed E-state index contributed by atoms with van der Waals surface area (Å²) in [5.74, 6) is 0. The molecule has 154 valence electrons. The van der Waals surface area contributed by atoms with Crippen LogP contribution in [0.3, 0.4) is 0 Å². The molecule has 1 aromatic rings. The minimum Gasteiger partial charge on any atom is -0.462 e. The molecule has 0 unspecified atom stereocenters. The van der Waals surface area contributed by atoms with Crippen molar-refractivity contribution >= 4 is 6.47 Å². The van der Waals surface area contributed by atoms with Crippen molar-refractivity contribution in [3.8, 4) is 0 Å². The molecule has 0 bridgehead atoms. The molecule has 0 fully saturated rings. The lowest BCUT2D eigenvalue weighted by Crippen LogP contribution is -2.23. The maximum Gasteiger partial charge on any atom is 0.293 e. The van der Waals surface area contributed by atoms with E-state index in [2.05, 4.69) is 45.9 Å². The van der Waals surface area contributed by atoms with Crippen LogP contribution in [0.1, 0.15) is 103 Å². The Labute approximate surface area is 168 Å². The SMILES string of the molecule is Cc1ccc(CCCCCCC(C)(C)C)cc1CCCCC(C)(C)OC=O. The number of carbonyl (C=O) groups excluding carboxylic acids is 1. The fraction of sp³-hybridized carbons (Fsp3) is 0.720. The van der Waals surface area contributed by atoms with Gasteiger partial charge >= 0.3 is 0 Å². The molecule has 0 atom stereocenters. The van der Waals surface area contributed by atoms with Gasteiger partial charge in [-0.1, -0.05) is 58.2 Å². The van der Waals surface area contributed by atoms with Gasteiger partial charge in [-0.25, -0.2) is 0 Å². The summed E-state index contributed by atoms with van der Waals surface area (Å²) >= 11 is 0. The fourth-order valence-corrected chi connectivity index (χ4v) is 3.54. The van der Waals surface area contributed by atoms with Crippen LogP contribution in [-0.4, -0.2) is 12.1 Å². The first-order chi connectivity index (χ1) is 12.6. The van der Waals surface area contributed by atoms with Crippen molar-refractivity contribution in [2.24, 2.45) is 5.41 Å². The van der Waals surface area contributed by atoms with Crippen LogP contribution >= 0.6 is 0 Å². The fourth-order valence-electron chi connectivity index (χ4n) is 3.54. The van der Waals surface area contributed by atoms with Crippen LogP contribution < -0.4 is 0 Å². The molecule has 0 aromatic heterocycles. The third-order valence-corrected chi connectivity index (χ3v) is 5.40. The van der Waals surface area contributed by atoms with Crippen molar-refractivity contribution in [1.29, 1.82) is 0 Å². The molecular formula is C25H42O2. The monoisotopic (exact) mass is 374 g/mol. The summed E-state index contributed by atoms with van der Waals surface area (Å²) < 4.78 is 5.13. The van der Waals surface area contributed by atoms with Crippen molar-refractivity contribution < 1.29 is 9.53 Å². The molecular weight excluding hydrogens is 332 g/mol. The number of hydrogen-bond acceptors (Lipinski definition) is 2. The van der Waals surface area contributed by atoms with Crippen LogP contribution in [0.15, 0.2) is 18.2 Å². The first kappa shape index (κ1) is 23.7. The van der Waals surface area contributed by atoms with Crippen molar-refractivity contribution in [2.45, 2.75) is 111 Å². The minimum atomic E-state index is -0.342. The number of hydrogen-bond donors (Lipinski definition) is 0. The van der Waals surface area contributed by atoms with Crippen LogP contribution in [0.25, 0.3) is 0 Å². The first-order valence-electron chi connectivity index (χ1n) is 10.8. The van der Waals surface area contributed by atoms with Crippen LogP contribution in [0.2, 0.25) is 0 Å². The van der Waals surface area contributed by atoms with Gasteiger partial charge < -0.3 is 4.74 Å². The normalized spacial score (nSPS) is 12.2. The number of carbonyl (C=O) groups is 1. The second-order valence-electron chi connectivity index (χ2n) is 9.92. The summed E-state index contributed by atoms with van der Waals surface area (Å²) in [6.07, 6.45) is 12.1. The van der Waals surface area contributed by atoms with E-state index in [0.29, 0.717) is 11.9 Å². The van der Waals surface area contributed by atoms with E-state index in [9.17, 15) is 4.79 Å². The minimum absolute atomic E-state index is 0.342. The van der Waals surface area contributed by atoms with E-state index in [-0.39, 0.29) is 5.60 Å². The van der Waals surface area contributed by atoms with Gasteiger partial charge in [0.15, 0.2) is 0 Å². The Bertz CT molecular complexity index is 552. The Morgan fingerprint density at radius 2 is 1.48 bits per heavy atom. The zero-order chi connectivity index (χ0) is 20.3. The number of aryl methyl sites for hydroxylation is 3. The Hall–Kier alpha value is -1.31. The van der Waals surface area contributed by atoms with Gasteiger partial charge in [-0.05, 0) is 87.8 Å². The lowest BCUT2D eigenvalue weighted by Gasteiger charge is -2.22. The quantitative estimate of drug-likeness (QED) is 0.269. The summed E-state index contributed by atoms with van der Waals surface area (Å²) in [6, 6.07) is 7.00. The number of unbranched alkanes of at least 4 members (excludes halogenated alkanes) is 4. The topological polar surface area (TPSA) is 26.3 Å². The smallest absolute Gasteiger partial charge is 0.293 e. The van der Waals surface area contributed by atoms with E-state index in [0.717, 1.165) is 25.7 Å². The highest BCUT2D eigenvalue weighted by atomic mass is 16.5. The molecule has 0 aliphatic carbocycles. The Morgan fingerprint density at radius 1 is 0.852 bits per heavy atom. The number of benzene rings is 1. The van der Waals surface area contributed by atoms with Crippen molar-refractivity contribution in [3.05, 3.63) is 34.9 Å². The predicted octanol–water partition coefficient (Wildman–Crippen LogP) is 7.20. The van der Waals surface area contributed by atoms with Gasteiger partial charge in [0, 0.05) is 0 Å². The standard InChI is InChI=1S/C25H42O2/c1-21-15-16-22(13-9-7-8-11-17-24(2,3)4)19-23(21)14-10-12-18-25(5,6)27-20-26/h15-16,19-20H,7-14,17-18H2,1-6H3. The second kappa shape index (κ2) is 11.5. The van der Waals surface area contributed by atoms with Crippen LogP contribution in [-0.2, 0) is 22.4 Å². The van der Waals surface area contributed by atoms with Gasteiger partial charge in [0.25, 0.3) is 6.47 Å². The Kier molecular flexibility index (Phi) is 10.1. The average Bonchev–Trinajstić information content (AvgIpc) is 2.56. The first-order valence-corrected chi connectivity index (χ1v) is 10.8. The summed E-state index contributed by atoms with van der Waals surface area (Å²) in [7, 11) is 0. The Balaban J connectivity index is 2.34. The third-order valence-electron chi connectivity index (χ3n) is 5.40. The van der Waals surface area contributed by atoms with Crippen molar-refractivity contribution in [2.75, 3.05) is 0 Å². The van der Waals surface area contributed by atoms with E-state index in [1.807, 2.05) is 13.8 Å². The molecule has 1 rings (SSSR count). The molecule has 0 heterocycles. The average molecular weight is 375 g/mol. The predicted molar refractivity (Wildman–Crippen MR) is 116 cm³/mol. The second-order valence-corrected chi connectivity index (χ2v) is 9.92. The lowest BCUT2D eigenvalue weighted by molar-refractivity contribution is -0.140. The van der Waals surface area contributed by atoms with Crippen LogP contribution in [0.5, 0.6) is 0 Å². The number of rotatable bonds is 13. The van der Waals surface area contributed by atoms with E-state index < -0.39 is 0 Å². The van der Waals surface area contributed by atoms with Gasteiger partial charge in [-0.2, -0.15) is 0 Å². The summed E-state index contributed by atoms with van der Waals surface area (Å²) in [5.41, 5.74) is 4.49. The highest BCUT2D eigenvalue weighted by Crippen LogP contribution is 2.23. The molecule has 2 heteroatoms. The van der Waals surface area contributed by atoms with E-state index in [1.165, 1.54) is 55.2 Å². The van der Waals surface area contributed by atoms with Crippen LogP contribution in [0.4, 0.5) is 0 Å². The summed E-state index contributed by atoms with van der Waals surface area (Å²) in [6.45, 7) is 13.7. The molecule has 0 spiro atoms. The molecule has 0 radical (unpaired) electrons. The highest BCUT2D eigenvalue weighted by molar-refractivity contribution is 5.38. The Morgan fingerprint density at radius 3 is 2.15 bits per heavy atom. The number of ether oxygens (including phenoxy) is 1. The molecule has 27 heavy (non-hydrogen) atoms. The van der Waals surface area contributed by atoms with Gasteiger partial charge in [0.1, 0.15) is 5.60 Å². The largest absolute Gasteiger partial charge is 0.462 e. The van der Waals surface area contributed by atoms with E-state index in [4.69, 9.17) is 4.74 Å². The molecule has 1 aromatic carbocycles. The molecule has 0 N–H and O–H groups in total. The zero-order valence-corrected chi connectivity index (χ0v) is 18.7. The van der Waals surface area contributed by atoms with Gasteiger partial charge in [0.05, 0.1) is 0 Å². The van der Waals surface area contributed by atoms with Crippen molar-refractivity contribution in [1.82, 2.24) is 0 Å². The maximum absolute atomic E-state index is 10.5. The summed E-state index contributed by atoms with van der Waals surface area (Å²) in [4.78, 5) is 10.5. The molecule has 0 aliphatic rings. The molecule has 2 nitrogen and oxygen atoms in total. The maximum atomic E-state index is 10.5. The highest BCUT2D eigenvalue weighted by Gasteiger charge is 2.17. The lowest BCUT2D eigenvalue weighted by atomic mass is 9.89. The molecule has 0 aliphatic heterocycles. The molecule has 0 amide bonds. The zero-order valence-electron chi connectivity index (χ0n) is 18.7. The van der Waals surface area contributed by atoms with Gasteiger partial charge in [-0.3, -0.25) is 4.79 Å². The van der Waals surface area contributed by atoms with Gasteiger partial charge in [0.2, 0.25) is 0 Å². The molecule has 0 saturated carbocycles. The van der Waals surface area contributed by atoms with Crippen molar-refractivity contribution in [3.63, 3.8) is 0 Å². The van der Waals surface area contributed by atoms with E-state index in [1.54, 1.807) is 0 Å². The van der Waals surface area contributed by atoms with E-state index >= 15 is 0 Å². The van der Waals surface area contributed by atoms with Gasteiger partial charge in [-0.15, -0.1) is 0 Å².